The maximum Gasteiger partial charge on any atom is 0.164 e. The summed E-state index contributed by atoms with van der Waals surface area (Å²) in [5.41, 5.74) is 4.48. The predicted octanol–water partition coefficient (Wildman–Crippen LogP) is 13.6. The van der Waals surface area contributed by atoms with Crippen molar-refractivity contribution in [1.82, 2.24) is 4.98 Å². The molecule has 51 heavy (non-hydrogen) atoms. The molecule has 6 rings (SSSR count). The first kappa shape index (κ1) is 40.2. The summed E-state index contributed by atoms with van der Waals surface area (Å²) in [5, 5.41) is 14.8. The molecular formula is C45H52IrNO3S-. The number of aromatic nitrogens is 1. The second-order valence-electron chi connectivity index (χ2n) is 15.0. The van der Waals surface area contributed by atoms with Crippen LogP contribution in [0.15, 0.2) is 89.2 Å². The fourth-order valence-corrected chi connectivity index (χ4v) is 7.48. The number of aliphatic hydroxyl groups is 1. The van der Waals surface area contributed by atoms with Gasteiger partial charge < -0.3 is 9.52 Å². The van der Waals surface area contributed by atoms with Crippen molar-refractivity contribution in [3.63, 3.8) is 0 Å². The van der Waals surface area contributed by atoms with E-state index in [2.05, 4.69) is 94.4 Å². The monoisotopic (exact) mass is 879 g/mol. The van der Waals surface area contributed by atoms with E-state index in [1.54, 1.807) is 0 Å². The molecule has 0 aliphatic rings. The van der Waals surface area contributed by atoms with Crippen molar-refractivity contribution in [2.24, 2.45) is 10.8 Å². The minimum Gasteiger partial charge on any atom is -0.512 e. The Balaban J connectivity index is 0.000000279. The number of ketones is 1. The summed E-state index contributed by atoms with van der Waals surface area (Å²) in [4.78, 5) is 18.2. The van der Waals surface area contributed by atoms with Crippen molar-refractivity contribution < 1.29 is 34.4 Å². The average Bonchev–Trinajstić information content (AvgIpc) is 3.69. The van der Waals surface area contributed by atoms with E-state index in [9.17, 15) is 9.90 Å². The van der Waals surface area contributed by atoms with Gasteiger partial charge in [0.15, 0.2) is 5.78 Å². The summed E-state index contributed by atoms with van der Waals surface area (Å²) in [6.45, 7) is 21.0. The molecule has 1 radical (unpaired) electrons. The molecule has 0 saturated carbocycles. The van der Waals surface area contributed by atoms with Gasteiger partial charge in [0.05, 0.1) is 0 Å². The molecule has 0 bridgehead atoms. The molecule has 6 heteroatoms. The van der Waals surface area contributed by atoms with Crippen molar-refractivity contribution in [2.45, 2.75) is 100 Å². The molecule has 1 N–H and O–H groups in total. The fourth-order valence-electron chi connectivity index (χ4n) is 6.42. The molecule has 6 aromatic rings. The van der Waals surface area contributed by atoms with E-state index < -0.39 is 0 Å². The molecule has 0 aliphatic carbocycles. The van der Waals surface area contributed by atoms with Crippen LogP contribution in [-0.4, -0.2) is 15.9 Å². The second kappa shape index (κ2) is 16.0. The molecule has 0 atom stereocenters. The Morgan fingerprint density at radius 2 is 1.47 bits per heavy atom. The van der Waals surface area contributed by atoms with Crippen LogP contribution in [-0.2, 0) is 30.3 Å². The third-order valence-corrected chi connectivity index (χ3v) is 12.0. The van der Waals surface area contributed by atoms with Crippen LogP contribution < -0.4 is 0 Å². The molecule has 0 unspecified atom stereocenters. The molecule has 271 valence electrons. The van der Waals surface area contributed by atoms with Crippen LogP contribution in [0.4, 0.5) is 0 Å². The number of carbonyl (C=O) groups excluding carboxylic acids is 1. The Morgan fingerprint density at radius 3 is 2.10 bits per heavy atom. The van der Waals surface area contributed by atoms with Crippen LogP contribution in [0.2, 0.25) is 0 Å². The molecule has 3 aromatic carbocycles. The number of allylic oxidation sites excluding steroid dienone is 2. The summed E-state index contributed by atoms with van der Waals surface area (Å²) in [5.74, 6) is 1.18. The van der Waals surface area contributed by atoms with Crippen LogP contribution in [0.5, 0.6) is 0 Å². The molecule has 0 saturated heterocycles. The number of aliphatic hydroxyl groups excluding tert-OH is 1. The van der Waals surface area contributed by atoms with E-state index in [4.69, 9.17) is 9.40 Å². The maximum atomic E-state index is 12.2. The molecule has 3 heterocycles. The molecule has 0 spiro atoms. The van der Waals surface area contributed by atoms with Gasteiger partial charge in [-0.05, 0) is 56.2 Å². The zero-order valence-electron chi connectivity index (χ0n) is 31.8. The molecule has 0 amide bonds. The number of fused-ring (bicyclic) bond motifs is 3. The van der Waals surface area contributed by atoms with Crippen molar-refractivity contribution in [3.8, 4) is 22.6 Å². The van der Waals surface area contributed by atoms with Gasteiger partial charge in [0.25, 0.3) is 0 Å². The summed E-state index contributed by atoms with van der Waals surface area (Å²) < 4.78 is 7.83. The standard InChI is InChI=1S/C30H24NOS.C15H28O2.Ir/c1-18-27(23-11-7-8-12-26(23)33-18)25-17-20-13-14-31-28(29(20)32-25)21-15-19-9-5-6-10-22(19)24(16-21)30(2,3)4;1-7-14(5,8-2)12(16)11-13(17)15(6,9-3)10-4;/h5-14,16-17H,1-4H3;11,16H,7-10H2,1-6H3;/q-1;;/b;12-11-;. The number of aryl methyl sites for hydroxylation is 1. The quantitative estimate of drug-likeness (QED) is 0.0893. The largest absolute Gasteiger partial charge is 0.512 e. The summed E-state index contributed by atoms with van der Waals surface area (Å²) >= 11 is 1.81. The molecule has 4 nitrogen and oxygen atoms in total. The van der Waals surface area contributed by atoms with E-state index in [1.807, 2.05) is 65.1 Å². The van der Waals surface area contributed by atoms with Gasteiger partial charge in [-0.1, -0.05) is 110 Å². The molecule has 0 fully saturated rings. The normalized spacial score (nSPS) is 12.5. The zero-order valence-corrected chi connectivity index (χ0v) is 35.0. The minimum absolute atomic E-state index is 0. The van der Waals surface area contributed by atoms with E-state index in [1.165, 1.54) is 37.6 Å². The Morgan fingerprint density at radius 1 is 0.863 bits per heavy atom. The number of benzene rings is 3. The SMILES string of the molecule is CCC(C)(CC)C(=O)/C=C(\O)C(C)(CC)CC.Cc1sc2ccccc2c1-c1cc2ccnc(-c3[c-]c4ccccc4c(C(C)(C)C)c3)c2o1.[Ir]. The van der Waals surface area contributed by atoms with Crippen LogP contribution in [0.3, 0.4) is 0 Å². The number of hydrogen-bond donors (Lipinski definition) is 1. The Hall–Kier alpha value is -3.57. The van der Waals surface area contributed by atoms with Gasteiger partial charge in [-0.15, -0.1) is 40.5 Å². The third-order valence-electron chi connectivity index (χ3n) is 10.9. The van der Waals surface area contributed by atoms with Gasteiger partial charge in [-0.3, -0.25) is 9.78 Å². The van der Waals surface area contributed by atoms with E-state index in [-0.39, 0.29) is 47.9 Å². The van der Waals surface area contributed by atoms with Gasteiger partial charge in [-0.25, -0.2) is 0 Å². The summed E-state index contributed by atoms with van der Waals surface area (Å²) in [7, 11) is 0. The van der Waals surface area contributed by atoms with Gasteiger partial charge in [0, 0.05) is 74.8 Å². The van der Waals surface area contributed by atoms with Crippen molar-refractivity contribution in [2.75, 3.05) is 0 Å². The summed E-state index contributed by atoms with van der Waals surface area (Å²) in [6, 6.07) is 27.0. The summed E-state index contributed by atoms with van der Waals surface area (Å²) in [6.07, 6.45) is 6.62. The third kappa shape index (κ3) is 8.09. The number of pyridine rings is 1. The number of furan rings is 1. The topological polar surface area (TPSA) is 63.3 Å². The Bertz CT molecular complexity index is 2170. The molecule has 3 aromatic heterocycles. The zero-order chi connectivity index (χ0) is 36.4. The Labute approximate surface area is 321 Å². The predicted molar refractivity (Wildman–Crippen MR) is 213 cm³/mol. The first-order valence-electron chi connectivity index (χ1n) is 18.0. The van der Waals surface area contributed by atoms with Crippen LogP contribution >= 0.6 is 11.3 Å². The Kier molecular flexibility index (Phi) is 12.6. The average molecular weight is 879 g/mol. The van der Waals surface area contributed by atoms with E-state index in [0.29, 0.717) is 0 Å². The number of rotatable bonds is 9. The molecule has 0 aliphatic heterocycles. The van der Waals surface area contributed by atoms with Gasteiger partial charge in [0.1, 0.15) is 17.1 Å². The van der Waals surface area contributed by atoms with E-state index in [0.717, 1.165) is 59.1 Å². The number of carbonyl (C=O) groups is 1. The maximum absolute atomic E-state index is 12.2. The number of hydrogen-bond acceptors (Lipinski definition) is 5. The van der Waals surface area contributed by atoms with Crippen molar-refractivity contribution in [1.29, 1.82) is 0 Å². The first-order chi connectivity index (χ1) is 23.7. The van der Waals surface area contributed by atoms with Crippen molar-refractivity contribution in [3.05, 3.63) is 101 Å². The van der Waals surface area contributed by atoms with Gasteiger partial charge in [-0.2, -0.15) is 0 Å². The van der Waals surface area contributed by atoms with Gasteiger partial charge >= 0.3 is 0 Å². The smallest absolute Gasteiger partial charge is 0.164 e. The first-order valence-corrected chi connectivity index (χ1v) is 18.8. The van der Waals surface area contributed by atoms with Crippen molar-refractivity contribution >= 4 is 48.9 Å². The van der Waals surface area contributed by atoms with Crippen LogP contribution in [0, 0.1) is 23.8 Å². The van der Waals surface area contributed by atoms with Crippen LogP contribution in [0.1, 0.15) is 98.4 Å². The van der Waals surface area contributed by atoms with E-state index >= 15 is 0 Å². The number of thiophene rings is 1. The second-order valence-corrected chi connectivity index (χ2v) is 16.3. The fraction of sp³-hybridized carbons (Fsp3) is 0.378. The minimum atomic E-state index is -0.337. The number of nitrogens with zero attached hydrogens (tertiary/aromatic N) is 1. The van der Waals surface area contributed by atoms with Crippen LogP contribution in [0.25, 0.3) is 54.4 Å². The molecular weight excluding hydrogens is 827 g/mol. The van der Waals surface area contributed by atoms with Gasteiger partial charge in [0.2, 0.25) is 0 Å².